The maximum atomic E-state index is 3.40. The first-order valence-corrected chi connectivity index (χ1v) is 5.00. The van der Waals surface area contributed by atoms with Crippen molar-refractivity contribution in [3.8, 4) is 0 Å². The van der Waals surface area contributed by atoms with E-state index in [2.05, 4.69) is 55.2 Å². The molecule has 0 aliphatic heterocycles. The van der Waals surface area contributed by atoms with Gasteiger partial charge in [-0.05, 0) is 31.9 Å². The van der Waals surface area contributed by atoms with E-state index in [0.717, 1.165) is 6.42 Å². The SMILES string of the molecule is C/C=C/Cc1c(C)[nH]c2ccccc12. The minimum atomic E-state index is 1.02. The zero-order chi connectivity index (χ0) is 9.97. The van der Waals surface area contributed by atoms with Crippen LogP contribution >= 0.6 is 0 Å². The van der Waals surface area contributed by atoms with Crippen molar-refractivity contribution < 1.29 is 0 Å². The molecule has 1 heteroatoms. The number of aromatic nitrogens is 1. The summed E-state index contributed by atoms with van der Waals surface area (Å²) in [5.74, 6) is 0. The van der Waals surface area contributed by atoms with Crippen molar-refractivity contribution in [3.63, 3.8) is 0 Å². The molecule has 0 saturated heterocycles. The van der Waals surface area contributed by atoms with Crippen LogP contribution in [0.5, 0.6) is 0 Å². The Morgan fingerprint density at radius 2 is 2.07 bits per heavy atom. The Morgan fingerprint density at radius 1 is 1.29 bits per heavy atom. The summed E-state index contributed by atoms with van der Waals surface area (Å²) >= 11 is 0. The second kappa shape index (κ2) is 3.70. The lowest BCUT2D eigenvalue weighted by Crippen LogP contribution is -1.81. The number of allylic oxidation sites excluding steroid dienone is 2. The van der Waals surface area contributed by atoms with Crippen LogP contribution in [0.15, 0.2) is 36.4 Å². The fraction of sp³-hybridized carbons (Fsp3) is 0.231. The Hall–Kier alpha value is -1.50. The lowest BCUT2D eigenvalue weighted by molar-refractivity contribution is 1.19. The van der Waals surface area contributed by atoms with Crippen LogP contribution in [0.2, 0.25) is 0 Å². The first kappa shape index (κ1) is 9.07. The Morgan fingerprint density at radius 3 is 2.86 bits per heavy atom. The number of hydrogen-bond acceptors (Lipinski definition) is 0. The number of nitrogens with one attached hydrogen (secondary N) is 1. The number of fused-ring (bicyclic) bond motifs is 1. The van der Waals surface area contributed by atoms with Gasteiger partial charge in [0.15, 0.2) is 0 Å². The molecule has 1 N–H and O–H groups in total. The third-order valence-electron chi connectivity index (χ3n) is 2.58. The molecule has 0 spiro atoms. The predicted molar refractivity (Wildman–Crippen MR) is 61.6 cm³/mol. The fourth-order valence-electron chi connectivity index (χ4n) is 1.83. The molecule has 0 amide bonds. The molecule has 0 unspecified atom stereocenters. The molecular weight excluding hydrogens is 170 g/mol. The molecule has 72 valence electrons. The van der Waals surface area contributed by atoms with Crippen LogP contribution in [0, 0.1) is 6.92 Å². The van der Waals surface area contributed by atoms with Crippen LogP contribution in [-0.2, 0) is 6.42 Å². The third kappa shape index (κ3) is 1.46. The highest BCUT2D eigenvalue weighted by Crippen LogP contribution is 2.22. The smallest absolute Gasteiger partial charge is 0.0458 e. The number of aromatic amines is 1. The van der Waals surface area contributed by atoms with E-state index in [9.17, 15) is 0 Å². The van der Waals surface area contributed by atoms with Gasteiger partial charge in [-0.1, -0.05) is 30.4 Å². The van der Waals surface area contributed by atoms with Gasteiger partial charge in [-0.25, -0.2) is 0 Å². The van der Waals surface area contributed by atoms with Crippen LogP contribution in [0.25, 0.3) is 10.9 Å². The summed E-state index contributed by atoms with van der Waals surface area (Å²) in [7, 11) is 0. The maximum absolute atomic E-state index is 3.40. The summed E-state index contributed by atoms with van der Waals surface area (Å²) in [4.78, 5) is 3.40. The van der Waals surface area contributed by atoms with E-state index >= 15 is 0 Å². The van der Waals surface area contributed by atoms with Crippen molar-refractivity contribution in [1.82, 2.24) is 4.98 Å². The van der Waals surface area contributed by atoms with Gasteiger partial charge in [0.05, 0.1) is 0 Å². The lowest BCUT2D eigenvalue weighted by Gasteiger charge is -1.95. The molecule has 0 saturated carbocycles. The normalized spacial score (nSPS) is 11.6. The van der Waals surface area contributed by atoms with Gasteiger partial charge < -0.3 is 4.98 Å². The molecule has 1 aromatic heterocycles. The predicted octanol–water partition coefficient (Wildman–Crippen LogP) is 3.59. The lowest BCUT2D eigenvalue weighted by atomic mass is 10.1. The minimum absolute atomic E-state index is 1.02. The molecule has 0 aliphatic rings. The average molecular weight is 185 g/mol. The largest absolute Gasteiger partial charge is 0.358 e. The number of aryl methyl sites for hydroxylation is 1. The molecule has 0 aliphatic carbocycles. The van der Waals surface area contributed by atoms with Crippen molar-refractivity contribution in [3.05, 3.63) is 47.7 Å². The average Bonchev–Trinajstić information content (AvgIpc) is 2.51. The number of para-hydroxylation sites is 1. The highest BCUT2D eigenvalue weighted by Gasteiger charge is 2.04. The van der Waals surface area contributed by atoms with E-state index in [4.69, 9.17) is 0 Å². The molecule has 1 nitrogen and oxygen atoms in total. The molecule has 2 aromatic rings. The van der Waals surface area contributed by atoms with Gasteiger partial charge in [0.2, 0.25) is 0 Å². The Balaban J connectivity index is 2.56. The number of benzene rings is 1. The first-order chi connectivity index (χ1) is 6.83. The zero-order valence-electron chi connectivity index (χ0n) is 8.67. The van der Waals surface area contributed by atoms with E-state index in [0.29, 0.717) is 0 Å². The summed E-state index contributed by atoms with van der Waals surface area (Å²) in [6, 6.07) is 8.46. The summed E-state index contributed by atoms with van der Waals surface area (Å²) in [6.45, 7) is 4.20. The Labute approximate surface area is 84.5 Å². The van der Waals surface area contributed by atoms with Crippen LogP contribution < -0.4 is 0 Å². The second-order valence-electron chi connectivity index (χ2n) is 3.55. The van der Waals surface area contributed by atoms with Crippen molar-refractivity contribution in [2.45, 2.75) is 20.3 Å². The molecule has 0 fully saturated rings. The van der Waals surface area contributed by atoms with Crippen molar-refractivity contribution in [2.75, 3.05) is 0 Å². The van der Waals surface area contributed by atoms with Crippen LogP contribution in [0.3, 0.4) is 0 Å². The van der Waals surface area contributed by atoms with E-state index in [1.165, 1.54) is 22.2 Å². The van der Waals surface area contributed by atoms with Crippen LogP contribution in [0.4, 0.5) is 0 Å². The maximum Gasteiger partial charge on any atom is 0.0458 e. The highest BCUT2D eigenvalue weighted by molar-refractivity contribution is 5.84. The summed E-state index contributed by atoms with van der Waals surface area (Å²) in [6.07, 6.45) is 5.32. The van der Waals surface area contributed by atoms with E-state index < -0.39 is 0 Å². The Bertz CT molecular complexity index is 463. The summed E-state index contributed by atoms with van der Waals surface area (Å²) in [5, 5.41) is 1.35. The van der Waals surface area contributed by atoms with E-state index in [1.807, 2.05) is 0 Å². The second-order valence-corrected chi connectivity index (χ2v) is 3.55. The van der Waals surface area contributed by atoms with Gasteiger partial charge in [-0.3, -0.25) is 0 Å². The van der Waals surface area contributed by atoms with Crippen molar-refractivity contribution in [1.29, 1.82) is 0 Å². The van der Waals surface area contributed by atoms with Gasteiger partial charge >= 0.3 is 0 Å². The third-order valence-corrected chi connectivity index (χ3v) is 2.58. The summed E-state index contributed by atoms with van der Waals surface area (Å²) in [5.41, 5.74) is 3.94. The van der Waals surface area contributed by atoms with Gasteiger partial charge in [-0.15, -0.1) is 0 Å². The molecule has 1 aromatic carbocycles. The zero-order valence-corrected chi connectivity index (χ0v) is 8.67. The molecule has 0 bridgehead atoms. The van der Waals surface area contributed by atoms with Gasteiger partial charge in [0.25, 0.3) is 0 Å². The standard InChI is InChI=1S/C13H15N/c1-3-4-7-11-10(2)14-13-9-6-5-8-12(11)13/h3-6,8-9,14H,7H2,1-2H3/b4-3+. The van der Waals surface area contributed by atoms with Gasteiger partial charge in [0, 0.05) is 16.6 Å². The van der Waals surface area contributed by atoms with E-state index in [1.54, 1.807) is 0 Å². The first-order valence-electron chi connectivity index (χ1n) is 5.00. The van der Waals surface area contributed by atoms with Crippen molar-refractivity contribution in [2.24, 2.45) is 0 Å². The van der Waals surface area contributed by atoms with Crippen molar-refractivity contribution >= 4 is 10.9 Å². The van der Waals surface area contributed by atoms with Crippen LogP contribution in [-0.4, -0.2) is 4.98 Å². The molecular formula is C13H15N. The number of H-pyrrole nitrogens is 1. The molecule has 1 heterocycles. The van der Waals surface area contributed by atoms with E-state index in [-0.39, 0.29) is 0 Å². The Kier molecular flexibility index (Phi) is 2.40. The highest BCUT2D eigenvalue weighted by atomic mass is 14.7. The van der Waals surface area contributed by atoms with Gasteiger partial charge in [-0.2, -0.15) is 0 Å². The molecule has 14 heavy (non-hydrogen) atoms. The molecule has 0 atom stereocenters. The topological polar surface area (TPSA) is 15.8 Å². The quantitative estimate of drug-likeness (QED) is 0.688. The number of rotatable bonds is 2. The molecule has 2 rings (SSSR count). The molecule has 0 radical (unpaired) electrons. The van der Waals surface area contributed by atoms with Crippen LogP contribution in [0.1, 0.15) is 18.2 Å². The fourth-order valence-corrected chi connectivity index (χ4v) is 1.83. The minimum Gasteiger partial charge on any atom is -0.358 e. The monoisotopic (exact) mass is 185 g/mol. The number of hydrogen-bond donors (Lipinski definition) is 1. The van der Waals surface area contributed by atoms with Gasteiger partial charge in [0.1, 0.15) is 0 Å². The summed E-state index contributed by atoms with van der Waals surface area (Å²) < 4.78 is 0.